The van der Waals surface area contributed by atoms with Crippen molar-refractivity contribution in [1.29, 1.82) is 0 Å². The van der Waals surface area contributed by atoms with Gasteiger partial charge in [0.15, 0.2) is 11.5 Å². The van der Waals surface area contributed by atoms with Gasteiger partial charge in [-0.15, -0.1) is 0 Å². The van der Waals surface area contributed by atoms with E-state index in [1.165, 1.54) is 5.56 Å². The molecule has 22 heavy (non-hydrogen) atoms. The third-order valence-corrected chi connectivity index (χ3v) is 4.12. The first-order chi connectivity index (χ1) is 10.7. The van der Waals surface area contributed by atoms with Gasteiger partial charge in [0.2, 0.25) is 6.79 Å². The molecule has 0 saturated heterocycles. The monoisotopic (exact) mass is 318 g/mol. The van der Waals surface area contributed by atoms with Crippen LogP contribution in [-0.4, -0.2) is 18.9 Å². The van der Waals surface area contributed by atoms with Crippen LogP contribution in [0, 0.1) is 0 Å². The molecular weight excluding hydrogens is 300 g/mol. The lowest BCUT2D eigenvalue weighted by molar-refractivity contribution is 0.174. The summed E-state index contributed by atoms with van der Waals surface area (Å²) in [6.45, 7) is 2.71. The van der Waals surface area contributed by atoms with Crippen molar-refractivity contribution in [3.8, 4) is 11.5 Å². The summed E-state index contributed by atoms with van der Waals surface area (Å²) < 4.78 is 10.6. The number of thiophene rings is 1. The molecule has 2 N–H and O–H groups in total. The van der Waals surface area contributed by atoms with Gasteiger partial charge in [-0.25, -0.2) is 4.79 Å². The predicted molar refractivity (Wildman–Crippen MR) is 85.4 cm³/mol. The van der Waals surface area contributed by atoms with E-state index in [1.807, 2.05) is 30.5 Å². The lowest BCUT2D eigenvalue weighted by Gasteiger charge is -2.14. The van der Waals surface area contributed by atoms with Crippen LogP contribution in [0.25, 0.3) is 0 Å². The minimum absolute atomic E-state index is 0.0892. The highest BCUT2D eigenvalue weighted by molar-refractivity contribution is 7.07. The van der Waals surface area contributed by atoms with Gasteiger partial charge in [-0.3, -0.25) is 0 Å². The number of fused-ring (bicyclic) bond motifs is 1. The topological polar surface area (TPSA) is 59.6 Å². The maximum absolute atomic E-state index is 11.9. The summed E-state index contributed by atoms with van der Waals surface area (Å²) in [5, 5.41) is 9.94. The molecule has 0 radical (unpaired) electrons. The molecule has 0 spiro atoms. The van der Waals surface area contributed by atoms with E-state index in [9.17, 15) is 4.79 Å². The lowest BCUT2D eigenvalue weighted by Crippen LogP contribution is -2.41. The maximum Gasteiger partial charge on any atom is 0.315 e. The molecule has 1 aromatic carbocycles. The Kier molecular flexibility index (Phi) is 4.48. The van der Waals surface area contributed by atoms with Crippen LogP contribution in [0.15, 0.2) is 35.0 Å². The summed E-state index contributed by atoms with van der Waals surface area (Å²) in [5.74, 6) is 1.48. The number of nitrogens with one attached hydrogen (secondary N) is 2. The first kappa shape index (κ1) is 14.7. The molecule has 2 heterocycles. The quantitative estimate of drug-likeness (QED) is 0.891. The minimum atomic E-state index is -0.166. The maximum atomic E-state index is 11.9. The molecule has 3 rings (SSSR count). The Bertz CT molecular complexity index is 643. The molecular formula is C16H18N2O3S. The second kappa shape index (κ2) is 6.70. The predicted octanol–water partition coefficient (Wildman–Crippen LogP) is 2.91. The molecule has 0 fully saturated rings. The smallest absolute Gasteiger partial charge is 0.315 e. The number of rotatable bonds is 5. The van der Waals surface area contributed by atoms with Crippen molar-refractivity contribution in [1.82, 2.24) is 10.6 Å². The molecule has 1 atom stereocenters. The Morgan fingerprint density at radius 2 is 2.14 bits per heavy atom. The summed E-state index contributed by atoms with van der Waals surface area (Å²) in [5.41, 5.74) is 2.22. The van der Waals surface area contributed by atoms with Gasteiger partial charge in [0.25, 0.3) is 0 Å². The largest absolute Gasteiger partial charge is 0.454 e. The van der Waals surface area contributed by atoms with E-state index in [2.05, 4.69) is 22.1 Å². The number of urea groups is 1. The zero-order valence-electron chi connectivity index (χ0n) is 12.3. The van der Waals surface area contributed by atoms with Crippen molar-refractivity contribution in [3.63, 3.8) is 0 Å². The van der Waals surface area contributed by atoms with Crippen LogP contribution in [0.1, 0.15) is 18.1 Å². The number of hydrogen-bond acceptors (Lipinski definition) is 4. The van der Waals surface area contributed by atoms with E-state index < -0.39 is 0 Å². The van der Waals surface area contributed by atoms with Crippen LogP contribution < -0.4 is 20.1 Å². The fraction of sp³-hybridized carbons (Fsp3) is 0.312. The van der Waals surface area contributed by atoms with Crippen molar-refractivity contribution < 1.29 is 14.3 Å². The second-order valence-electron chi connectivity index (χ2n) is 5.25. The Hall–Kier alpha value is -2.21. The zero-order chi connectivity index (χ0) is 15.4. The normalized spacial score (nSPS) is 13.7. The molecule has 1 aliphatic rings. The van der Waals surface area contributed by atoms with Crippen molar-refractivity contribution in [2.45, 2.75) is 25.9 Å². The third kappa shape index (κ3) is 3.71. The van der Waals surface area contributed by atoms with Gasteiger partial charge in [0.1, 0.15) is 0 Å². The standard InChI is InChI=1S/C16H18N2O3S/c1-11(6-13-4-5-22-9-13)18-16(19)17-8-12-2-3-14-15(7-12)21-10-20-14/h2-5,7,9,11H,6,8,10H2,1H3,(H2,17,18,19)/t11-/m0/s1. The fourth-order valence-electron chi connectivity index (χ4n) is 2.32. The van der Waals surface area contributed by atoms with Gasteiger partial charge in [-0.2, -0.15) is 11.3 Å². The molecule has 116 valence electrons. The van der Waals surface area contributed by atoms with E-state index in [1.54, 1.807) is 11.3 Å². The van der Waals surface area contributed by atoms with E-state index in [0.717, 1.165) is 23.5 Å². The molecule has 0 bridgehead atoms. The van der Waals surface area contributed by atoms with Crippen molar-refractivity contribution in [2.24, 2.45) is 0 Å². The molecule has 5 nitrogen and oxygen atoms in total. The first-order valence-corrected chi connectivity index (χ1v) is 8.09. The summed E-state index contributed by atoms with van der Waals surface area (Å²) in [7, 11) is 0. The Morgan fingerprint density at radius 1 is 1.27 bits per heavy atom. The van der Waals surface area contributed by atoms with E-state index in [0.29, 0.717) is 6.54 Å². The molecule has 6 heteroatoms. The number of amides is 2. The van der Waals surface area contributed by atoms with Crippen LogP contribution in [0.3, 0.4) is 0 Å². The third-order valence-electron chi connectivity index (χ3n) is 3.39. The van der Waals surface area contributed by atoms with E-state index in [-0.39, 0.29) is 18.9 Å². The molecule has 0 saturated carbocycles. The number of carbonyl (C=O) groups excluding carboxylic acids is 1. The molecule has 2 aromatic rings. The van der Waals surface area contributed by atoms with Gasteiger partial charge in [-0.05, 0) is 53.4 Å². The Morgan fingerprint density at radius 3 is 2.95 bits per heavy atom. The minimum Gasteiger partial charge on any atom is -0.454 e. The van der Waals surface area contributed by atoms with Crippen LogP contribution in [-0.2, 0) is 13.0 Å². The summed E-state index contributed by atoms with van der Waals surface area (Å²) in [4.78, 5) is 11.9. The van der Waals surface area contributed by atoms with E-state index >= 15 is 0 Å². The van der Waals surface area contributed by atoms with Crippen LogP contribution in [0.4, 0.5) is 4.79 Å². The van der Waals surface area contributed by atoms with Crippen LogP contribution in [0.5, 0.6) is 11.5 Å². The number of ether oxygens (including phenoxy) is 2. The molecule has 1 aliphatic heterocycles. The molecule has 0 aliphatic carbocycles. The number of benzene rings is 1. The fourth-order valence-corrected chi connectivity index (χ4v) is 3.00. The molecule has 1 aromatic heterocycles. The summed E-state index contributed by atoms with van der Waals surface area (Å²) in [6, 6.07) is 7.66. The van der Waals surface area contributed by atoms with Gasteiger partial charge in [0, 0.05) is 12.6 Å². The highest BCUT2D eigenvalue weighted by Gasteiger charge is 2.13. The van der Waals surface area contributed by atoms with E-state index in [4.69, 9.17) is 9.47 Å². The van der Waals surface area contributed by atoms with Crippen LogP contribution in [0.2, 0.25) is 0 Å². The van der Waals surface area contributed by atoms with Gasteiger partial charge >= 0.3 is 6.03 Å². The zero-order valence-corrected chi connectivity index (χ0v) is 13.1. The lowest BCUT2D eigenvalue weighted by atomic mass is 10.1. The Labute approximate surface area is 133 Å². The van der Waals surface area contributed by atoms with Crippen molar-refractivity contribution >= 4 is 17.4 Å². The second-order valence-corrected chi connectivity index (χ2v) is 6.03. The SMILES string of the molecule is C[C@@H](Cc1ccsc1)NC(=O)NCc1ccc2c(c1)OCO2. The molecule has 2 amide bonds. The van der Waals surface area contributed by atoms with Crippen molar-refractivity contribution in [2.75, 3.05) is 6.79 Å². The molecule has 0 unspecified atom stereocenters. The van der Waals surface area contributed by atoms with Gasteiger partial charge < -0.3 is 20.1 Å². The van der Waals surface area contributed by atoms with Crippen molar-refractivity contribution in [3.05, 3.63) is 46.2 Å². The average molecular weight is 318 g/mol. The van der Waals surface area contributed by atoms with Crippen LogP contribution >= 0.6 is 11.3 Å². The van der Waals surface area contributed by atoms with Gasteiger partial charge in [-0.1, -0.05) is 6.07 Å². The summed E-state index contributed by atoms with van der Waals surface area (Å²) >= 11 is 1.67. The number of hydrogen-bond donors (Lipinski definition) is 2. The highest BCUT2D eigenvalue weighted by Crippen LogP contribution is 2.32. The number of carbonyl (C=O) groups is 1. The first-order valence-electron chi connectivity index (χ1n) is 7.14. The Balaban J connectivity index is 1.46. The average Bonchev–Trinajstić information content (AvgIpc) is 3.15. The van der Waals surface area contributed by atoms with Gasteiger partial charge in [0.05, 0.1) is 0 Å². The summed E-state index contributed by atoms with van der Waals surface area (Å²) in [6.07, 6.45) is 0.834. The highest BCUT2D eigenvalue weighted by atomic mass is 32.1.